The van der Waals surface area contributed by atoms with Crippen molar-refractivity contribution in [3.05, 3.63) is 42.2 Å². The number of hydrogen-bond acceptors (Lipinski definition) is 6. The van der Waals surface area contributed by atoms with E-state index in [4.69, 9.17) is 0 Å². The Morgan fingerprint density at radius 2 is 1.74 bits per heavy atom. The highest BCUT2D eigenvalue weighted by Crippen LogP contribution is 2.35. The van der Waals surface area contributed by atoms with Gasteiger partial charge in [-0.05, 0) is 43.0 Å². The van der Waals surface area contributed by atoms with Gasteiger partial charge in [-0.25, -0.2) is 9.97 Å². The molecule has 2 aromatic heterocycles. The van der Waals surface area contributed by atoms with Crippen LogP contribution in [0.25, 0.3) is 0 Å². The van der Waals surface area contributed by atoms with Crippen LogP contribution in [-0.2, 0) is 16.1 Å². The lowest BCUT2D eigenvalue weighted by molar-refractivity contribution is -0.179. The van der Waals surface area contributed by atoms with Crippen LogP contribution < -0.4 is 15.5 Å². The zero-order valence-corrected chi connectivity index (χ0v) is 19.5. The molecule has 4 rings (SSSR count). The number of piperidine rings is 2. The van der Waals surface area contributed by atoms with E-state index in [1.165, 1.54) is 0 Å². The first-order valence-electron chi connectivity index (χ1n) is 11.7. The second kappa shape index (κ2) is 10.5. The van der Waals surface area contributed by atoms with Crippen LogP contribution in [0.1, 0.15) is 31.2 Å². The molecule has 11 heteroatoms. The zero-order chi connectivity index (χ0) is 25.0. The maximum atomic E-state index is 12.9. The van der Waals surface area contributed by atoms with Crippen LogP contribution in [0.5, 0.6) is 0 Å². The van der Waals surface area contributed by atoms with Gasteiger partial charge in [0.25, 0.3) is 0 Å². The lowest BCUT2D eigenvalue weighted by atomic mass is 9.96. The van der Waals surface area contributed by atoms with Gasteiger partial charge >= 0.3 is 6.18 Å². The molecule has 1 unspecified atom stereocenters. The number of rotatable bonds is 6. The summed E-state index contributed by atoms with van der Waals surface area (Å²) in [5, 5.41) is 6.00. The van der Waals surface area contributed by atoms with E-state index in [0.29, 0.717) is 50.7 Å². The summed E-state index contributed by atoms with van der Waals surface area (Å²) < 4.78 is 38.6. The van der Waals surface area contributed by atoms with Crippen LogP contribution in [-0.4, -0.2) is 59.5 Å². The summed E-state index contributed by atoms with van der Waals surface area (Å²) in [6, 6.07) is 7.24. The number of carbonyl (C=O) groups excluding carboxylic acids is 2. The maximum Gasteiger partial charge on any atom is 0.391 e. The fraction of sp³-hybridized carbons (Fsp3) is 0.500. The molecule has 2 N–H and O–H groups in total. The van der Waals surface area contributed by atoms with Gasteiger partial charge in [-0.2, -0.15) is 13.2 Å². The van der Waals surface area contributed by atoms with E-state index in [0.717, 1.165) is 11.3 Å². The standard InChI is InChI=1S/C24H29F3N6O2/c1-32-15-17(3-7-22(32)34)23(35)30-13-16-2-5-20(28-12-16)31-21-6-4-19(14-29-21)33-10-8-18(9-11-33)24(25,26)27/h2,4-6,12,14,17-18H,3,7-11,13,15H2,1H3,(H,30,35)(H,28,29,31). The molecule has 2 aliphatic rings. The van der Waals surface area contributed by atoms with Crippen molar-refractivity contribution < 1.29 is 22.8 Å². The highest BCUT2D eigenvalue weighted by atomic mass is 19.4. The number of pyridine rings is 2. The summed E-state index contributed by atoms with van der Waals surface area (Å²) in [5.41, 5.74) is 1.64. The third-order valence-corrected chi connectivity index (χ3v) is 6.62. The van der Waals surface area contributed by atoms with E-state index in [1.807, 2.05) is 17.0 Å². The molecule has 0 saturated carbocycles. The number of likely N-dealkylation sites (tertiary alicyclic amines) is 1. The molecule has 8 nitrogen and oxygen atoms in total. The molecule has 2 saturated heterocycles. The SMILES string of the molecule is CN1CC(C(=O)NCc2ccc(Nc3ccc(N4CCC(C(F)(F)F)CC4)cn3)nc2)CCC1=O. The topological polar surface area (TPSA) is 90.5 Å². The van der Waals surface area contributed by atoms with E-state index in [-0.39, 0.29) is 30.6 Å². The van der Waals surface area contributed by atoms with E-state index in [2.05, 4.69) is 20.6 Å². The highest BCUT2D eigenvalue weighted by Gasteiger charge is 2.41. The third kappa shape index (κ3) is 6.40. The number of alkyl halides is 3. The van der Waals surface area contributed by atoms with Crippen molar-refractivity contribution in [3.63, 3.8) is 0 Å². The Morgan fingerprint density at radius 3 is 2.31 bits per heavy atom. The van der Waals surface area contributed by atoms with Crippen LogP contribution >= 0.6 is 0 Å². The number of nitrogens with one attached hydrogen (secondary N) is 2. The molecule has 0 aliphatic carbocycles. The Morgan fingerprint density at radius 1 is 1.06 bits per heavy atom. The number of carbonyl (C=O) groups is 2. The first kappa shape index (κ1) is 24.7. The molecule has 0 bridgehead atoms. The molecule has 188 valence electrons. The van der Waals surface area contributed by atoms with Crippen LogP contribution in [0.15, 0.2) is 36.7 Å². The predicted molar refractivity (Wildman–Crippen MR) is 125 cm³/mol. The molecular formula is C24H29F3N6O2. The number of aromatic nitrogens is 2. The van der Waals surface area contributed by atoms with Gasteiger partial charge in [-0.3, -0.25) is 9.59 Å². The first-order valence-corrected chi connectivity index (χ1v) is 11.7. The maximum absolute atomic E-state index is 12.9. The molecule has 1 atom stereocenters. The van der Waals surface area contributed by atoms with Gasteiger partial charge in [-0.1, -0.05) is 6.07 Å². The average molecular weight is 491 g/mol. The Hall–Kier alpha value is -3.37. The van der Waals surface area contributed by atoms with Gasteiger partial charge < -0.3 is 20.4 Å². The van der Waals surface area contributed by atoms with E-state index in [1.54, 1.807) is 36.5 Å². The summed E-state index contributed by atoms with van der Waals surface area (Å²) in [6.45, 7) is 1.49. The molecule has 4 heterocycles. The fourth-order valence-electron chi connectivity index (χ4n) is 4.41. The minimum absolute atomic E-state index is 0.0658. The molecule has 0 aromatic carbocycles. The second-order valence-electron chi connectivity index (χ2n) is 9.11. The van der Waals surface area contributed by atoms with E-state index >= 15 is 0 Å². The zero-order valence-electron chi connectivity index (χ0n) is 19.5. The number of hydrogen-bond donors (Lipinski definition) is 2. The molecular weight excluding hydrogens is 461 g/mol. The van der Waals surface area contributed by atoms with Crippen molar-refractivity contribution in [1.29, 1.82) is 0 Å². The molecule has 0 spiro atoms. The third-order valence-electron chi connectivity index (χ3n) is 6.62. The molecule has 2 aromatic rings. The minimum atomic E-state index is -4.12. The average Bonchev–Trinajstić information content (AvgIpc) is 2.85. The van der Waals surface area contributed by atoms with Gasteiger partial charge in [0.1, 0.15) is 11.6 Å². The van der Waals surface area contributed by atoms with Crippen LogP contribution in [0.4, 0.5) is 30.5 Å². The highest BCUT2D eigenvalue weighted by molar-refractivity contribution is 5.83. The minimum Gasteiger partial charge on any atom is -0.370 e. The summed E-state index contributed by atoms with van der Waals surface area (Å²) in [7, 11) is 1.71. The number of halogens is 3. The summed E-state index contributed by atoms with van der Waals surface area (Å²) in [6.07, 6.45) is 0.333. The van der Waals surface area contributed by atoms with Gasteiger partial charge in [0.2, 0.25) is 11.8 Å². The summed E-state index contributed by atoms with van der Waals surface area (Å²) in [5.74, 6) is -0.275. The van der Waals surface area contributed by atoms with Gasteiger partial charge in [0.05, 0.1) is 23.7 Å². The quantitative estimate of drug-likeness (QED) is 0.645. The smallest absolute Gasteiger partial charge is 0.370 e. The van der Waals surface area contributed by atoms with Crippen LogP contribution in [0, 0.1) is 11.8 Å². The Bertz CT molecular complexity index is 1020. The monoisotopic (exact) mass is 490 g/mol. The lowest BCUT2D eigenvalue weighted by Gasteiger charge is -2.34. The number of anilines is 3. The molecule has 2 aliphatic heterocycles. The van der Waals surface area contributed by atoms with E-state index in [9.17, 15) is 22.8 Å². The van der Waals surface area contributed by atoms with Crippen molar-refractivity contribution >= 4 is 29.1 Å². The second-order valence-corrected chi connectivity index (χ2v) is 9.11. The van der Waals surface area contributed by atoms with Gasteiger partial charge in [0, 0.05) is 45.8 Å². The van der Waals surface area contributed by atoms with Crippen molar-refractivity contribution in [2.45, 2.75) is 38.4 Å². The molecule has 0 radical (unpaired) electrons. The Balaban J connectivity index is 1.24. The largest absolute Gasteiger partial charge is 0.391 e. The van der Waals surface area contributed by atoms with Gasteiger partial charge in [0.15, 0.2) is 0 Å². The lowest BCUT2D eigenvalue weighted by Crippen LogP contribution is -2.43. The molecule has 2 amide bonds. The van der Waals surface area contributed by atoms with Crippen molar-refractivity contribution in [2.24, 2.45) is 11.8 Å². The van der Waals surface area contributed by atoms with Crippen LogP contribution in [0.2, 0.25) is 0 Å². The van der Waals surface area contributed by atoms with Crippen molar-refractivity contribution in [1.82, 2.24) is 20.2 Å². The first-order chi connectivity index (χ1) is 16.7. The predicted octanol–water partition coefficient (Wildman–Crippen LogP) is 3.48. The Labute approximate surface area is 201 Å². The Kier molecular flexibility index (Phi) is 7.42. The van der Waals surface area contributed by atoms with Gasteiger partial charge in [-0.15, -0.1) is 0 Å². The summed E-state index contributed by atoms with van der Waals surface area (Å²) in [4.78, 5) is 36.2. The fourth-order valence-corrected chi connectivity index (χ4v) is 4.41. The number of amides is 2. The molecule has 35 heavy (non-hydrogen) atoms. The van der Waals surface area contributed by atoms with E-state index < -0.39 is 12.1 Å². The van der Waals surface area contributed by atoms with Crippen molar-refractivity contribution in [2.75, 3.05) is 36.9 Å². The van der Waals surface area contributed by atoms with Crippen molar-refractivity contribution in [3.8, 4) is 0 Å². The molecule has 2 fully saturated rings. The number of nitrogens with zero attached hydrogens (tertiary/aromatic N) is 4. The normalized spacial score (nSPS) is 19.5. The summed E-state index contributed by atoms with van der Waals surface area (Å²) >= 11 is 0. The van der Waals surface area contributed by atoms with Crippen LogP contribution in [0.3, 0.4) is 0 Å².